The molecular formula is C12H21N3OS. The fourth-order valence-corrected chi connectivity index (χ4v) is 2.93. The average molecular weight is 255 g/mol. The predicted octanol–water partition coefficient (Wildman–Crippen LogP) is 0.653. The van der Waals surface area contributed by atoms with Crippen LogP contribution in [0.4, 0.5) is 0 Å². The fraction of sp³-hybridized carbons (Fsp3) is 0.833. The molecule has 2 fully saturated rings. The van der Waals surface area contributed by atoms with Gasteiger partial charge in [-0.25, -0.2) is 0 Å². The molecule has 1 unspecified atom stereocenters. The fourth-order valence-electron chi connectivity index (χ4n) is 2.63. The number of carbonyl (C=O) groups excluding carboxylic acids is 1. The highest BCUT2D eigenvalue weighted by Gasteiger charge is 2.52. The molecule has 1 saturated heterocycles. The summed E-state index contributed by atoms with van der Waals surface area (Å²) in [7, 11) is 0. The van der Waals surface area contributed by atoms with E-state index in [0.29, 0.717) is 11.0 Å². The molecule has 2 rings (SSSR count). The van der Waals surface area contributed by atoms with Gasteiger partial charge in [-0.3, -0.25) is 9.69 Å². The molecule has 4 nitrogen and oxygen atoms in total. The van der Waals surface area contributed by atoms with Crippen molar-refractivity contribution in [3.05, 3.63) is 0 Å². The maximum absolute atomic E-state index is 12.0. The lowest BCUT2D eigenvalue weighted by atomic mass is 10.1. The SMILES string of the molecule is CCN1CCCC1CNC(=O)C1(C(N)=S)CC1. The summed E-state index contributed by atoms with van der Waals surface area (Å²) < 4.78 is 0. The van der Waals surface area contributed by atoms with Crippen LogP contribution in [0.1, 0.15) is 32.6 Å². The molecule has 3 N–H and O–H groups in total. The second kappa shape index (κ2) is 4.90. The minimum Gasteiger partial charge on any atom is -0.392 e. The molecule has 96 valence electrons. The number of hydrogen-bond acceptors (Lipinski definition) is 3. The van der Waals surface area contributed by atoms with Crippen LogP contribution in [0.5, 0.6) is 0 Å². The summed E-state index contributed by atoms with van der Waals surface area (Å²) in [5.74, 6) is 0.0351. The third-order valence-corrected chi connectivity index (χ3v) is 4.45. The minimum absolute atomic E-state index is 0.0351. The van der Waals surface area contributed by atoms with E-state index in [2.05, 4.69) is 17.1 Å². The number of thiocarbonyl (C=S) groups is 1. The van der Waals surface area contributed by atoms with Crippen molar-refractivity contribution < 1.29 is 4.79 Å². The van der Waals surface area contributed by atoms with E-state index in [0.717, 1.165) is 32.5 Å². The first kappa shape index (κ1) is 12.8. The van der Waals surface area contributed by atoms with Crippen LogP contribution in [-0.2, 0) is 4.79 Å². The quantitative estimate of drug-likeness (QED) is 0.708. The number of nitrogens with zero attached hydrogens (tertiary/aromatic N) is 1. The first-order chi connectivity index (χ1) is 8.10. The van der Waals surface area contributed by atoms with Gasteiger partial charge >= 0.3 is 0 Å². The molecule has 0 aromatic heterocycles. The van der Waals surface area contributed by atoms with Gasteiger partial charge in [-0.2, -0.15) is 0 Å². The number of nitrogens with one attached hydrogen (secondary N) is 1. The van der Waals surface area contributed by atoms with Crippen LogP contribution in [0.15, 0.2) is 0 Å². The van der Waals surface area contributed by atoms with E-state index in [-0.39, 0.29) is 5.91 Å². The molecule has 1 aliphatic heterocycles. The summed E-state index contributed by atoms with van der Waals surface area (Å²) in [6.45, 7) is 5.10. The lowest BCUT2D eigenvalue weighted by Crippen LogP contribution is -2.45. The van der Waals surface area contributed by atoms with Gasteiger partial charge in [-0.1, -0.05) is 19.1 Å². The zero-order valence-electron chi connectivity index (χ0n) is 10.4. The monoisotopic (exact) mass is 255 g/mol. The Bertz CT molecular complexity index is 328. The molecule has 1 heterocycles. The molecule has 5 heteroatoms. The first-order valence-corrected chi connectivity index (χ1v) is 6.83. The van der Waals surface area contributed by atoms with Crippen molar-refractivity contribution in [2.24, 2.45) is 11.1 Å². The van der Waals surface area contributed by atoms with Gasteiger partial charge in [-0.05, 0) is 38.8 Å². The smallest absolute Gasteiger partial charge is 0.233 e. The Hall–Kier alpha value is -0.680. The van der Waals surface area contributed by atoms with Gasteiger partial charge in [-0.15, -0.1) is 0 Å². The Kier molecular flexibility index (Phi) is 3.68. The predicted molar refractivity (Wildman–Crippen MR) is 71.7 cm³/mol. The summed E-state index contributed by atoms with van der Waals surface area (Å²) in [4.78, 5) is 14.8. The number of hydrogen-bond donors (Lipinski definition) is 2. The number of carbonyl (C=O) groups is 1. The van der Waals surface area contributed by atoms with Crippen molar-refractivity contribution in [2.75, 3.05) is 19.6 Å². The van der Waals surface area contributed by atoms with Gasteiger partial charge in [0.25, 0.3) is 0 Å². The van der Waals surface area contributed by atoms with Crippen LogP contribution >= 0.6 is 12.2 Å². The molecule has 0 radical (unpaired) electrons. The average Bonchev–Trinajstić information content (AvgIpc) is 3.00. The molecule has 1 atom stereocenters. The van der Waals surface area contributed by atoms with Crippen molar-refractivity contribution in [3.8, 4) is 0 Å². The normalized spacial score (nSPS) is 26.8. The van der Waals surface area contributed by atoms with E-state index in [9.17, 15) is 4.79 Å². The number of likely N-dealkylation sites (tertiary alicyclic amines) is 1. The lowest BCUT2D eigenvalue weighted by Gasteiger charge is -2.24. The Morgan fingerprint density at radius 1 is 1.59 bits per heavy atom. The molecule has 1 amide bonds. The largest absolute Gasteiger partial charge is 0.392 e. The Morgan fingerprint density at radius 3 is 2.82 bits per heavy atom. The zero-order valence-corrected chi connectivity index (χ0v) is 11.2. The van der Waals surface area contributed by atoms with E-state index in [1.54, 1.807) is 0 Å². The number of likely N-dealkylation sites (N-methyl/N-ethyl adjacent to an activating group) is 1. The molecule has 17 heavy (non-hydrogen) atoms. The summed E-state index contributed by atoms with van der Waals surface area (Å²) in [5.41, 5.74) is 5.12. The van der Waals surface area contributed by atoms with Gasteiger partial charge in [0.2, 0.25) is 5.91 Å². The van der Waals surface area contributed by atoms with E-state index in [4.69, 9.17) is 18.0 Å². The van der Waals surface area contributed by atoms with Gasteiger partial charge < -0.3 is 11.1 Å². The van der Waals surface area contributed by atoms with E-state index in [1.807, 2.05) is 0 Å². The van der Waals surface area contributed by atoms with E-state index < -0.39 is 5.41 Å². The summed E-state index contributed by atoms with van der Waals surface area (Å²) in [5, 5.41) is 3.02. The molecule has 0 aromatic rings. The first-order valence-electron chi connectivity index (χ1n) is 6.42. The second-order valence-electron chi connectivity index (χ2n) is 5.08. The Morgan fingerprint density at radius 2 is 2.29 bits per heavy atom. The Balaban J connectivity index is 1.82. The summed E-state index contributed by atoms with van der Waals surface area (Å²) in [6.07, 6.45) is 4.04. The number of amides is 1. The highest BCUT2D eigenvalue weighted by atomic mass is 32.1. The van der Waals surface area contributed by atoms with Crippen LogP contribution < -0.4 is 11.1 Å². The van der Waals surface area contributed by atoms with Gasteiger partial charge in [0.05, 0.1) is 10.4 Å². The highest BCUT2D eigenvalue weighted by molar-refractivity contribution is 7.80. The highest BCUT2D eigenvalue weighted by Crippen LogP contribution is 2.46. The van der Waals surface area contributed by atoms with Crippen LogP contribution in [0.25, 0.3) is 0 Å². The van der Waals surface area contributed by atoms with Gasteiger partial charge in [0, 0.05) is 12.6 Å². The standard InChI is InChI=1S/C12H21N3OS/c1-2-15-7-3-4-9(15)8-14-11(16)12(5-6-12)10(13)17/h9H,2-8H2,1H3,(H2,13,17)(H,14,16). The van der Waals surface area contributed by atoms with Crippen molar-refractivity contribution in [2.45, 2.75) is 38.6 Å². The molecular weight excluding hydrogens is 234 g/mol. The van der Waals surface area contributed by atoms with Crippen LogP contribution in [0.3, 0.4) is 0 Å². The van der Waals surface area contributed by atoms with E-state index in [1.165, 1.54) is 12.8 Å². The van der Waals surface area contributed by atoms with Gasteiger partial charge in [0.15, 0.2) is 0 Å². The van der Waals surface area contributed by atoms with Crippen LogP contribution in [-0.4, -0.2) is 41.5 Å². The Labute approximate surface area is 108 Å². The maximum atomic E-state index is 12.0. The third-order valence-electron chi connectivity index (χ3n) is 4.06. The topological polar surface area (TPSA) is 58.4 Å². The molecule has 2 aliphatic rings. The summed E-state index contributed by atoms with van der Waals surface area (Å²) in [6, 6.07) is 0.492. The number of nitrogens with two attached hydrogens (primary N) is 1. The van der Waals surface area contributed by atoms with E-state index >= 15 is 0 Å². The van der Waals surface area contributed by atoms with Crippen molar-refractivity contribution in [1.82, 2.24) is 10.2 Å². The second-order valence-corrected chi connectivity index (χ2v) is 5.52. The minimum atomic E-state index is -0.509. The molecule has 0 bridgehead atoms. The van der Waals surface area contributed by atoms with Crippen molar-refractivity contribution in [1.29, 1.82) is 0 Å². The van der Waals surface area contributed by atoms with Crippen molar-refractivity contribution in [3.63, 3.8) is 0 Å². The molecule has 0 aromatic carbocycles. The third kappa shape index (κ3) is 2.45. The molecule has 0 spiro atoms. The summed E-state index contributed by atoms with van der Waals surface area (Å²) >= 11 is 4.97. The zero-order chi connectivity index (χ0) is 12.5. The van der Waals surface area contributed by atoms with Gasteiger partial charge in [0.1, 0.15) is 0 Å². The van der Waals surface area contributed by atoms with Crippen LogP contribution in [0, 0.1) is 5.41 Å². The molecule has 1 aliphatic carbocycles. The molecule has 1 saturated carbocycles. The maximum Gasteiger partial charge on any atom is 0.233 e. The van der Waals surface area contributed by atoms with Crippen LogP contribution in [0.2, 0.25) is 0 Å². The lowest BCUT2D eigenvalue weighted by molar-refractivity contribution is -0.124. The van der Waals surface area contributed by atoms with Crippen molar-refractivity contribution >= 4 is 23.1 Å². The number of rotatable bonds is 5.